The Kier molecular flexibility index (Phi) is 3.85. The summed E-state index contributed by atoms with van der Waals surface area (Å²) in [6.07, 6.45) is 1.98. The van der Waals surface area contributed by atoms with Gasteiger partial charge in [-0.05, 0) is 12.8 Å². The molecular formula is C13H23NO3. The molecular weight excluding hydrogens is 218 g/mol. The van der Waals surface area contributed by atoms with Gasteiger partial charge < -0.3 is 9.84 Å². The summed E-state index contributed by atoms with van der Waals surface area (Å²) >= 11 is 0. The van der Waals surface area contributed by atoms with Gasteiger partial charge in [0.05, 0.1) is 25.9 Å². The minimum atomic E-state index is -0.147. The summed E-state index contributed by atoms with van der Waals surface area (Å²) in [7, 11) is 0. The third-order valence-corrected chi connectivity index (χ3v) is 4.17. The molecule has 0 bridgehead atoms. The first kappa shape index (κ1) is 13.0. The van der Waals surface area contributed by atoms with Crippen molar-refractivity contribution in [3.05, 3.63) is 0 Å². The summed E-state index contributed by atoms with van der Waals surface area (Å²) in [6.45, 7) is 7.11. The topological polar surface area (TPSA) is 49.8 Å². The maximum absolute atomic E-state index is 12.2. The molecule has 1 saturated carbocycles. The summed E-state index contributed by atoms with van der Waals surface area (Å²) in [4.78, 5) is 14.4. The molecule has 0 aromatic heterocycles. The SMILES string of the molecule is CC1(C)CCC(CN2CCOCC2CO)C1=O. The maximum atomic E-state index is 12.2. The molecule has 0 radical (unpaired) electrons. The average molecular weight is 241 g/mol. The highest BCUT2D eigenvalue weighted by Crippen LogP contribution is 2.38. The van der Waals surface area contributed by atoms with Crippen LogP contribution in [0.5, 0.6) is 0 Å². The molecule has 2 aliphatic rings. The molecule has 98 valence electrons. The summed E-state index contributed by atoms with van der Waals surface area (Å²) in [5.74, 6) is 0.540. The zero-order chi connectivity index (χ0) is 12.5. The molecule has 4 heteroatoms. The fraction of sp³-hybridized carbons (Fsp3) is 0.923. The van der Waals surface area contributed by atoms with Crippen LogP contribution in [0, 0.1) is 11.3 Å². The zero-order valence-electron chi connectivity index (χ0n) is 10.8. The Hall–Kier alpha value is -0.450. The molecule has 2 atom stereocenters. The average Bonchev–Trinajstić information content (AvgIpc) is 2.57. The number of aliphatic hydroxyl groups excluding tert-OH is 1. The molecule has 17 heavy (non-hydrogen) atoms. The molecule has 2 fully saturated rings. The van der Waals surface area contributed by atoms with Gasteiger partial charge in [-0.3, -0.25) is 9.69 Å². The lowest BCUT2D eigenvalue weighted by molar-refractivity contribution is -0.129. The van der Waals surface area contributed by atoms with Crippen molar-refractivity contribution in [1.82, 2.24) is 4.90 Å². The van der Waals surface area contributed by atoms with Crippen LogP contribution in [0.4, 0.5) is 0 Å². The predicted molar refractivity (Wildman–Crippen MR) is 64.8 cm³/mol. The highest BCUT2D eigenvalue weighted by Gasteiger charge is 2.41. The van der Waals surface area contributed by atoms with Gasteiger partial charge in [-0.15, -0.1) is 0 Å². The van der Waals surface area contributed by atoms with E-state index < -0.39 is 0 Å². The van der Waals surface area contributed by atoms with Crippen molar-refractivity contribution >= 4 is 5.78 Å². The summed E-state index contributed by atoms with van der Waals surface area (Å²) < 4.78 is 5.35. The molecule has 1 aliphatic heterocycles. The zero-order valence-corrected chi connectivity index (χ0v) is 10.8. The summed E-state index contributed by atoms with van der Waals surface area (Å²) in [5.41, 5.74) is -0.147. The van der Waals surface area contributed by atoms with Crippen molar-refractivity contribution in [1.29, 1.82) is 0 Å². The van der Waals surface area contributed by atoms with Crippen LogP contribution in [0.25, 0.3) is 0 Å². The van der Waals surface area contributed by atoms with Crippen LogP contribution in [0.3, 0.4) is 0 Å². The second-order valence-corrected chi connectivity index (χ2v) is 5.89. The first-order chi connectivity index (χ1) is 8.04. The summed E-state index contributed by atoms with van der Waals surface area (Å²) in [6, 6.07) is 0.0697. The van der Waals surface area contributed by atoms with Gasteiger partial charge in [0.25, 0.3) is 0 Å². The van der Waals surface area contributed by atoms with Gasteiger partial charge in [0.15, 0.2) is 0 Å². The van der Waals surface area contributed by atoms with Crippen LogP contribution in [0.2, 0.25) is 0 Å². The number of aliphatic hydroxyl groups is 1. The minimum Gasteiger partial charge on any atom is -0.395 e. The number of rotatable bonds is 3. The van der Waals surface area contributed by atoms with E-state index in [-0.39, 0.29) is 24.0 Å². The van der Waals surface area contributed by atoms with Gasteiger partial charge in [0.2, 0.25) is 0 Å². The first-order valence-electron chi connectivity index (χ1n) is 6.51. The van der Waals surface area contributed by atoms with Crippen molar-refractivity contribution in [3.63, 3.8) is 0 Å². The number of ether oxygens (including phenoxy) is 1. The Labute approximate surface area is 103 Å². The van der Waals surface area contributed by atoms with Crippen molar-refractivity contribution in [3.8, 4) is 0 Å². The van der Waals surface area contributed by atoms with Crippen LogP contribution in [0.1, 0.15) is 26.7 Å². The fourth-order valence-electron chi connectivity index (χ4n) is 2.90. The third kappa shape index (κ3) is 2.69. The van der Waals surface area contributed by atoms with Crippen LogP contribution >= 0.6 is 0 Å². The molecule has 1 N–H and O–H groups in total. The van der Waals surface area contributed by atoms with Gasteiger partial charge >= 0.3 is 0 Å². The monoisotopic (exact) mass is 241 g/mol. The highest BCUT2D eigenvalue weighted by atomic mass is 16.5. The van der Waals surface area contributed by atoms with E-state index in [0.29, 0.717) is 19.0 Å². The second-order valence-electron chi connectivity index (χ2n) is 5.89. The van der Waals surface area contributed by atoms with Crippen molar-refractivity contribution in [2.45, 2.75) is 32.7 Å². The Bertz CT molecular complexity index is 290. The third-order valence-electron chi connectivity index (χ3n) is 4.17. The molecule has 0 amide bonds. The van der Waals surface area contributed by atoms with E-state index in [9.17, 15) is 9.90 Å². The van der Waals surface area contributed by atoms with E-state index in [1.165, 1.54) is 0 Å². The van der Waals surface area contributed by atoms with Crippen LogP contribution < -0.4 is 0 Å². The highest BCUT2D eigenvalue weighted by molar-refractivity contribution is 5.88. The summed E-state index contributed by atoms with van der Waals surface area (Å²) in [5, 5.41) is 9.30. The number of hydrogen-bond donors (Lipinski definition) is 1. The molecule has 2 unspecified atom stereocenters. The Balaban J connectivity index is 1.94. The van der Waals surface area contributed by atoms with E-state index >= 15 is 0 Å². The quantitative estimate of drug-likeness (QED) is 0.789. The molecule has 1 saturated heterocycles. The van der Waals surface area contributed by atoms with E-state index in [1.807, 2.05) is 13.8 Å². The molecule has 1 aliphatic carbocycles. The lowest BCUT2D eigenvalue weighted by atomic mass is 9.89. The van der Waals surface area contributed by atoms with E-state index in [1.54, 1.807) is 0 Å². The molecule has 0 aromatic carbocycles. The lowest BCUT2D eigenvalue weighted by Gasteiger charge is -2.35. The first-order valence-corrected chi connectivity index (χ1v) is 6.51. The van der Waals surface area contributed by atoms with Crippen molar-refractivity contribution in [2.24, 2.45) is 11.3 Å². The van der Waals surface area contributed by atoms with E-state index in [4.69, 9.17) is 4.74 Å². The largest absolute Gasteiger partial charge is 0.395 e. The smallest absolute Gasteiger partial charge is 0.142 e. The lowest BCUT2D eigenvalue weighted by Crippen LogP contribution is -2.49. The normalized spacial score (nSPS) is 34.2. The second kappa shape index (κ2) is 5.04. The number of ketones is 1. The van der Waals surface area contributed by atoms with Crippen LogP contribution in [0.15, 0.2) is 0 Å². The minimum absolute atomic E-state index is 0.0697. The number of carbonyl (C=O) groups excluding carboxylic acids is 1. The Morgan fingerprint density at radius 1 is 1.53 bits per heavy atom. The standard InChI is InChI=1S/C13H23NO3/c1-13(2)4-3-10(12(13)16)7-14-5-6-17-9-11(14)8-15/h10-11,15H,3-9H2,1-2H3. The maximum Gasteiger partial charge on any atom is 0.142 e. The van der Waals surface area contributed by atoms with Crippen molar-refractivity contribution < 1.29 is 14.6 Å². The molecule has 0 spiro atoms. The predicted octanol–water partition coefficient (Wildman–Crippen LogP) is 0.685. The Morgan fingerprint density at radius 3 is 2.88 bits per heavy atom. The molecule has 0 aromatic rings. The molecule has 2 rings (SSSR count). The van der Waals surface area contributed by atoms with Gasteiger partial charge in [0.1, 0.15) is 5.78 Å². The molecule has 4 nitrogen and oxygen atoms in total. The van der Waals surface area contributed by atoms with Crippen LogP contribution in [-0.2, 0) is 9.53 Å². The van der Waals surface area contributed by atoms with E-state index in [0.717, 1.165) is 25.9 Å². The number of hydrogen-bond acceptors (Lipinski definition) is 4. The van der Waals surface area contributed by atoms with Crippen molar-refractivity contribution in [2.75, 3.05) is 32.9 Å². The number of carbonyl (C=O) groups is 1. The van der Waals surface area contributed by atoms with E-state index in [2.05, 4.69) is 4.90 Å². The van der Waals surface area contributed by atoms with Gasteiger partial charge in [0, 0.05) is 24.4 Å². The number of nitrogens with zero attached hydrogens (tertiary/aromatic N) is 1. The van der Waals surface area contributed by atoms with Gasteiger partial charge in [-0.25, -0.2) is 0 Å². The van der Waals surface area contributed by atoms with Crippen LogP contribution in [-0.4, -0.2) is 54.7 Å². The van der Waals surface area contributed by atoms with Gasteiger partial charge in [-0.2, -0.15) is 0 Å². The Morgan fingerprint density at radius 2 is 2.29 bits per heavy atom. The number of Topliss-reactive ketones (excluding diaryl/α,β-unsaturated/α-hetero) is 1. The van der Waals surface area contributed by atoms with Gasteiger partial charge in [-0.1, -0.05) is 13.8 Å². The number of morpholine rings is 1. The fourth-order valence-corrected chi connectivity index (χ4v) is 2.90. The molecule has 1 heterocycles.